The molecule has 1 heterocycles. The molecule has 0 saturated carbocycles. The molecule has 4 rings (SSSR count). The predicted molar refractivity (Wildman–Crippen MR) is 139 cm³/mol. The van der Waals surface area contributed by atoms with Crippen LogP contribution in [-0.2, 0) is 6.61 Å². The summed E-state index contributed by atoms with van der Waals surface area (Å²) >= 11 is 5.42. The van der Waals surface area contributed by atoms with Gasteiger partial charge < -0.3 is 23.7 Å². The van der Waals surface area contributed by atoms with E-state index in [1.165, 1.54) is 4.68 Å². The van der Waals surface area contributed by atoms with Gasteiger partial charge in [0, 0.05) is 5.56 Å². The van der Waals surface area contributed by atoms with Crippen molar-refractivity contribution in [1.82, 2.24) is 14.9 Å². The van der Waals surface area contributed by atoms with Gasteiger partial charge in [0.1, 0.15) is 6.61 Å². The highest BCUT2D eigenvalue weighted by Crippen LogP contribution is 2.40. The SMILES string of the molecule is COc1ccc(/C=N/n2c(-c3cc(OC)c(OC)c(OC)c3)n[nH]c2=S)cc1OCc1ccccc1. The first-order valence-electron chi connectivity index (χ1n) is 10.9. The summed E-state index contributed by atoms with van der Waals surface area (Å²) in [7, 11) is 6.26. The summed E-state index contributed by atoms with van der Waals surface area (Å²) in [6.07, 6.45) is 1.67. The van der Waals surface area contributed by atoms with Crippen LogP contribution in [0.3, 0.4) is 0 Å². The van der Waals surface area contributed by atoms with Gasteiger partial charge in [-0.2, -0.15) is 14.9 Å². The standard InChI is InChI=1S/C26H26N4O5S/c1-31-20-11-10-18(12-21(20)35-16-17-8-6-5-7-9-17)15-27-30-25(28-29-26(30)36)19-13-22(32-2)24(34-4)23(14-19)33-3/h5-15H,16H2,1-4H3,(H,29,36)/b27-15+. The summed E-state index contributed by atoms with van der Waals surface area (Å²) in [5.41, 5.74) is 2.52. The van der Waals surface area contributed by atoms with Crippen molar-refractivity contribution in [2.75, 3.05) is 28.4 Å². The van der Waals surface area contributed by atoms with E-state index < -0.39 is 0 Å². The van der Waals surface area contributed by atoms with E-state index in [0.29, 0.717) is 51.5 Å². The third-order valence-corrected chi connectivity index (χ3v) is 5.58. The van der Waals surface area contributed by atoms with Crippen molar-refractivity contribution in [3.05, 3.63) is 76.6 Å². The quantitative estimate of drug-likeness (QED) is 0.236. The number of benzene rings is 3. The van der Waals surface area contributed by atoms with Gasteiger partial charge in [-0.25, -0.2) is 5.10 Å². The zero-order valence-electron chi connectivity index (χ0n) is 20.3. The Labute approximate surface area is 213 Å². The van der Waals surface area contributed by atoms with Crippen molar-refractivity contribution in [2.24, 2.45) is 5.10 Å². The molecule has 0 bridgehead atoms. The minimum Gasteiger partial charge on any atom is -0.493 e. The number of methoxy groups -OCH3 is 4. The highest BCUT2D eigenvalue weighted by molar-refractivity contribution is 7.71. The molecular formula is C26H26N4O5S. The lowest BCUT2D eigenvalue weighted by Gasteiger charge is -2.13. The van der Waals surface area contributed by atoms with Crippen LogP contribution in [-0.4, -0.2) is 49.5 Å². The number of aromatic nitrogens is 3. The Morgan fingerprint density at radius 2 is 1.56 bits per heavy atom. The number of ether oxygens (including phenoxy) is 5. The Morgan fingerprint density at radius 3 is 2.19 bits per heavy atom. The van der Waals surface area contributed by atoms with Gasteiger partial charge in [-0.1, -0.05) is 30.3 Å². The molecule has 0 aliphatic carbocycles. The van der Waals surface area contributed by atoms with E-state index in [0.717, 1.165) is 11.1 Å². The summed E-state index contributed by atoms with van der Waals surface area (Å²) in [6.45, 7) is 0.413. The molecule has 0 atom stereocenters. The number of nitrogens with one attached hydrogen (secondary N) is 1. The van der Waals surface area contributed by atoms with Crippen LogP contribution < -0.4 is 23.7 Å². The van der Waals surface area contributed by atoms with Crippen molar-refractivity contribution < 1.29 is 23.7 Å². The smallest absolute Gasteiger partial charge is 0.216 e. The van der Waals surface area contributed by atoms with Crippen molar-refractivity contribution >= 4 is 18.4 Å². The number of nitrogens with zero attached hydrogens (tertiary/aromatic N) is 3. The largest absolute Gasteiger partial charge is 0.493 e. The van der Waals surface area contributed by atoms with Crippen LogP contribution in [0.4, 0.5) is 0 Å². The maximum absolute atomic E-state index is 6.01. The lowest BCUT2D eigenvalue weighted by Crippen LogP contribution is -2.00. The van der Waals surface area contributed by atoms with E-state index in [9.17, 15) is 0 Å². The van der Waals surface area contributed by atoms with Crippen LogP contribution in [0.15, 0.2) is 65.8 Å². The van der Waals surface area contributed by atoms with Gasteiger partial charge in [-0.15, -0.1) is 0 Å². The Hall–Kier alpha value is -4.31. The Balaban J connectivity index is 1.65. The number of rotatable bonds is 10. The number of hydrogen-bond acceptors (Lipinski definition) is 8. The van der Waals surface area contributed by atoms with Crippen LogP contribution >= 0.6 is 12.2 Å². The third kappa shape index (κ3) is 5.33. The highest BCUT2D eigenvalue weighted by atomic mass is 32.1. The summed E-state index contributed by atoms with van der Waals surface area (Å²) in [5, 5.41) is 11.7. The van der Waals surface area contributed by atoms with E-state index in [1.54, 1.807) is 46.8 Å². The predicted octanol–water partition coefficient (Wildman–Crippen LogP) is 5.10. The second-order valence-electron chi connectivity index (χ2n) is 7.51. The fraction of sp³-hybridized carbons (Fsp3) is 0.192. The fourth-order valence-corrected chi connectivity index (χ4v) is 3.72. The van der Waals surface area contributed by atoms with E-state index in [2.05, 4.69) is 15.3 Å². The highest BCUT2D eigenvalue weighted by Gasteiger charge is 2.17. The molecule has 3 aromatic carbocycles. The van der Waals surface area contributed by atoms with Crippen LogP contribution in [0.2, 0.25) is 0 Å². The molecule has 4 aromatic rings. The first-order valence-corrected chi connectivity index (χ1v) is 11.4. The lowest BCUT2D eigenvalue weighted by molar-refractivity contribution is 0.284. The second kappa shape index (κ2) is 11.4. The number of aromatic amines is 1. The van der Waals surface area contributed by atoms with Crippen molar-refractivity contribution in [3.8, 4) is 40.1 Å². The normalized spacial score (nSPS) is 10.9. The van der Waals surface area contributed by atoms with Gasteiger partial charge in [0.25, 0.3) is 0 Å². The average molecular weight is 507 g/mol. The van der Waals surface area contributed by atoms with Gasteiger partial charge in [-0.3, -0.25) is 0 Å². The molecule has 36 heavy (non-hydrogen) atoms. The molecule has 0 unspecified atom stereocenters. The molecule has 0 amide bonds. The second-order valence-corrected chi connectivity index (χ2v) is 7.89. The summed E-state index contributed by atoms with van der Waals surface area (Å²) in [6, 6.07) is 19.0. The van der Waals surface area contributed by atoms with Crippen LogP contribution in [0.25, 0.3) is 11.4 Å². The molecule has 0 aliphatic rings. The number of H-pyrrole nitrogens is 1. The van der Waals surface area contributed by atoms with Crippen LogP contribution in [0.1, 0.15) is 11.1 Å². The van der Waals surface area contributed by atoms with Crippen molar-refractivity contribution in [3.63, 3.8) is 0 Å². The molecule has 0 radical (unpaired) electrons. The Kier molecular flexibility index (Phi) is 7.86. The van der Waals surface area contributed by atoms with Gasteiger partial charge >= 0.3 is 0 Å². The maximum Gasteiger partial charge on any atom is 0.216 e. The zero-order valence-corrected chi connectivity index (χ0v) is 21.2. The lowest BCUT2D eigenvalue weighted by atomic mass is 10.1. The summed E-state index contributed by atoms with van der Waals surface area (Å²) in [5.74, 6) is 3.17. The van der Waals surface area contributed by atoms with Crippen LogP contribution in [0, 0.1) is 4.77 Å². The molecule has 0 fully saturated rings. The van der Waals surface area contributed by atoms with Crippen molar-refractivity contribution in [2.45, 2.75) is 6.61 Å². The molecule has 9 nitrogen and oxygen atoms in total. The summed E-state index contributed by atoms with van der Waals surface area (Å²) in [4.78, 5) is 0. The topological polar surface area (TPSA) is 92.1 Å². The molecule has 186 valence electrons. The zero-order chi connectivity index (χ0) is 25.5. The van der Waals surface area contributed by atoms with Crippen molar-refractivity contribution in [1.29, 1.82) is 0 Å². The third-order valence-electron chi connectivity index (χ3n) is 5.32. The molecule has 1 aromatic heterocycles. The van der Waals surface area contributed by atoms with Gasteiger partial charge in [0.15, 0.2) is 28.8 Å². The summed E-state index contributed by atoms with van der Waals surface area (Å²) < 4.78 is 29.6. The fourth-order valence-electron chi connectivity index (χ4n) is 3.54. The minimum atomic E-state index is 0.323. The monoisotopic (exact) mass is 506 g/mol. The molecule has 0 spiro atoms. The van der Waals surface area contributed by atoms with Gasteiger partial charge in [0.2, 0.25) is 10.5 Å². The Bertz CT molecular complexity index is 1390. The van der Waals surface area contributed by atoms with Gasteiger partial charge in [0.05, 0.1) is 34.7 Å². The first kappa shape index (κ1) is 24.8. The van der Waals surface area contributed by atoms with E-state index in [4.69, 9.17) is 35.9 Å². The average Bonchev–Trinajstić information content (AvgIpc) is 3.30. The molecule has 1 N–H and O–H groups in total. The molecule has 0 aliphatic heterocycles. The van der Waals surface area contributed by atoms with E-state index in [-0.39, 0.29) is 0 Å². The molecule has 10 heteroatoms. The Morgan fingerprint density at radius 1 is 0.861 bits per heavy atom. The number of hydrogen-bond donors (Lipinski definition) is 1. The maximum atomic E-state index is 6.01. The van der Waals surface area contributed by atoms with Gasteiger partial charge in [-0.05, 0) is 53.7 Å². The molecule has 0 saturated heterocycles. The molecular weight excluding hydrogens is 480 g/mol. The van der Waals surface area contributed by atoms with E-state index >= 15 is 0 Å². The van der Waals surface area contributed by atoms with E-state index in [1.807, 2.05) is 48.5 Å². The minimum absolute atomic E-state index is 0.323. The first-order chi connectivity index (χ1) is 17.6. The van der Waals surface area contributed by atoms with Crippen LogP contribution in [0.5, 0.6) is 28.7 Å².